The normalized spacial score (nSPS) is 10.8. The summed E-state index contributed by atoms with van der Waals surface area (Å²) >= 11 is 5.22. The van der Waals surface area contributed by atoms with Gasteiger partial charge in [0.25, 0.3) is 0 Å². The minimum atomic E-state index is 0.608. The number of halogens is 1. The van der Waals surface area contributed by atoms with E-state index in [0.29, 0.717) is 13.2 Å². The van der Waals surface area contributed by atoms with Crippen molar-refractivity contribution in [2.45, 2.75) is 25.5 Å². The Morgan fingerprint density at radius 1 is 1.21 bits per heavy atom. The molecule has 0 amide bonds. The van der Waals surface area contributed by atoms with Crippen LogP contribution in [0.4, 0.5) is 0 Å². The van der Waals surface area contributed by atoms with Crippen LogP contribution in [0.25, 0.3) is 0 Å². The average Bonchev–Trinajstić information content (AvgIpc) is 2.96. The third-order valence-electron chi connectivity index (χ3n) is 3.12. The molecule has 2 aromatic rings. The van der Waals surface area contributed by atoms with Crippen LogP contribution in [-0.4, -0.2) is 45.7 Å². The maximum Gasteiger partial charge on any atom is 0.209 e. The number of nitrogens with zero attached hydrogens (tertiary/aromatic N) is 4. The first-order valence-corrected chi connectivity index (χ1v) is 9.57. The highest BCUT2D eigenvalue weighted by molar-refractivity contribution is 9.10. The molecule has 0 bridgehead atoms. The van der Waals surface area contributed by atoms with E-state index in [1.54, 1.807) is 16.4 Å². The molecule has 0 atom stereocenters. The molecule has 9 heteroatoms. The van der Waals surface area contributed by atoms with Gasteiger partial charge in [-0.15, -0.1) is 5.10 Å². The van der Waals surface area contributed by atoms with E-state index in [4.69, 9.17) is 9.47 Å². The third-order valence-corrected chi connectivity index (χ3v) is 4.87. The summed E-state index contributed by atoms with van der Waals surface area (Å²) in [6.07, 6.45) is 0. The molecule has 1 aromatic heterocycles. The maximum absolute atomic E-state index is 5.67. The second-order valence-corrected chi connectivity index (χ2v) is 6.78. The van der Waals surface area contributed by atoms with E-state index in [0.717, 1.165) is 45.5 Å². The summed E-state index contributed by atoms with van der Waals surface area (Å²) in [6.45, 7) is 6.73. The SMILES string of the molecule is CCOc1cc(Br)c(CNCCSc2nnnn2C)cc1OCC. The highest BCUT2D eigenvalue weighted by Gasteiger charge is 2.10. The van der Waals surface area contributed by atoms with E-state index >= 15 is 0 Å². The van der Waals surface area contributed by atoms with Gasteiger partial charge in [-0.05, 0) is 42.0 Å². The van der Waals surface area contributed by atoms with Crippen LogP contribution in [0.1, 0.15) is 19.4 Å². The van der Waals surface area contributed by atoms with Crippen molar-refractivity contribution in [2.75, 3.05) is 25.5 Å². The Morgan fingerprint density at radius 2 is 1.92 bits per heavy atom. The number of aromatic nitrogens is 4. The maximum atomic E-state index is 5.67. The van der Waals surface area contributed by atoms with E-state index < -0.39 is 0 Å². The van der Waals surface area contributed by atoms with E-state index in [2.05, 4.69) is 36.8 Å². The number of benzene rings is 1. The number of tetrazole rings is 1. The molecule has 1 N–H and O–H groups in total. The molecular weight excluding hydrogens is 394 g/mol. The zero-order valence-corrected chi connectivity index (χ0v) is 16.5. The molecule has 0 fully saturated rings. The summed E-state index contributed by atoms with van der Waals surface area (Å²) < 4.78 is 14.0. The van der Waals surface area contributed by atoms with Crippen LogP contribution in [0.2, 0.25) is 0 Å². The molecule has 0 aliphatic carbocycles. The number of rotatable bonds is 10. The van der Waals surface area contributed by atoms with Gasteiger partial charge in [0, 0.05) is 30.4 Å². The highest BCUT2D eigenvalue weighted by Crippen LogP contribution is 2.33. The minimum Gasteiger partial charge on any atom is -0.490 e. The number of thioether (sulfide) groups is 1. The summed E-state index contributed by atoms with van der Waals surface area (Å²) in [6, 6.07) is 3.98. The quantitative estimate of drug-likeness (QED) is 0.472. The van der Waals surface area contributed by atoms with Gasteiger partial charge in [0.1, 0.15) is 0 Å². The first-order chi connectivity index (χ1) is 11.7. The molecule has 0 aliphatic heterocycles. The van der Waals surface area contributed by atoms with Crippen molar-refractivity contribution in [1.29, 1.82) is 0 Å². The predicted octanol–water partition coefficient (Wildman–Crippen LogP) is 2.65. The van der Waals surface area contributed by atoms with Gasteiger partial charge < -0.3 is 14.8 Å². The first kappa shape index (κ1) is 19.0. The number of ether oxygens (including phenoxy) is 2. The smallest absolute Gasteiger partial charge is 0.209 e. The van der Waals surface area contributed by atoms with Gasteiger partial charge in [-0.3, -0.25) is 0 Å². The molecule has 132 valence electrons. The van der Waals surface area contributed by atoms with Crippen LogP contribution in [0, 0.1) is 0 Å². The summed E-state index contributed by atoms with van der Waals surface area (Å²) in [5.74, 6) is 2.43. The van der Waals surface area contributed by atoms with Gasteiger partial charge in [0.05, 0.1) is 13.2 Å². The highest BCUT2D eigenvalue weighted by atomic mass is 79.9. The molecular formula is C15H22BrN5O2S. The monoisotopic (exact) mass is 415 g/mol. The average molecular weight is 416 g/mol. The van der Waals surface area contributed by atoms with E-state index in [1.165, 1.54) is 0 Å². The molecule has 0 saturated carbocycles. The van der Waals surface area contributed by atoms with Crippen LogP contribution >= 0.6 is 27.7 Å². The minimum absolute atomic E-state index is 0.608. The number of hydrogen-bond acceptors (Lipinski definition) is 7. The van der Waals surface area contributed by atoms with E-state index in [1.807, 2.05) is 33.0 Å². The van der Waals surface area contributed by atoms with Crippen LogP contribution in [0.15, 0.2) is 21.8 Å². The van der Waals surface area contributed by atoms with Crippen molar-refractivity contribution in [3.8, 4) is 11.5 Å². The molecule has 0 aliphatic rings. The Morgan fingerprint density at radius 3 is 2.54 bits per heavy atom. The Bertz CT molecular complexity index is 653. The Kier molecular flexibility index (Phi) is 7.80. The van der Waals surface area contributed by atoms with Crippen molar-refractivity contribution < 1.29 is 9.47 Å². The number of nitrogens with one attached hydrogen (secondary N) is 1. The third kappa shape index (κ3) is 5.35. The van der Waals surface area contributed by atoms with Crippen LogP contribution in [0.5, 0.6) is 11.5 Å². The summed E-state index contributed by atoms with van der Waals surface area (Å²) in [5.41, 5.74) is 1.13. The van der Waals surface area contributed by atoms with Crippen molar-refractivity contribution in [3.05, 3.63) is 22.2 Å². The van der Waals surface area contributed by atoms with Gasteiger partial charge in [0.15, 0.2) is 11.5 Å². The van der Waals surface area contributed by atoms with Crippen LogP contribution in [0.3, 0.4) is 0 Å². The largest absolute Gasteiger partial charge is 0.490 e. The van der Waals surface area contributed by atoms with E-state index in [9.17, 15) is 0 Å². The molecule has 1 heterocycles. The zero-order valence-electron chi connectivity index (χ0n) is 14.1. The fraction of sp³-hybridized carbons (Fsp3) is 0.533. The zero-order chi connectivity index (χ0) is 17.4. The van der Waals surface area contributed by atoms with Gasteiger partial charge in [-0.2, -0.15) is 0 Å². The summed E-state index contributed by atoms with van der Waals surface area (Å²) in [4.78, 5) is 0. The van der Waals surface area contributed by atoms with Gasteiger partial charge in [-0.1, -0.05) is 27.7 Å². The van der Waals surface area contributed by atoms with Crippen molar-refractivity contribution in [1.82, 2.24) is 25.5 Å². The first-order valence-electron chi connectivity index (χ1n) is 7.79. The van der Waals surface area contributed by atoms with Gasteiger partial charge in [-0.25, -0.2) is 4.68 Å². The Hall–Kier alpha value is -1.32. The van der Waals surface area contributed by atoms with Crippen molar-refractivity contribution in [2.24, 2.45) is 7.05 Å². The van der Waals surface area contributed by atoms with Gasteiger partial charge in [0.2, 0.25) is 5.16 Å². The lowest BCUT2D eigenvalue weighted by molar-refractivity contribution is 0.287. The van der Waals surface area contributed by atoms with E-state index in [-0.39, 0.29) is 0 Å². The second kappa shape index (κ2) is 9.85. The molecule has 0 radical (unpaired) electrons. The molecule has 0 unspecified atom stereocenters. The lowest BCUT2D eigenvalue weighted by atomic mass is 10.2. The second-order valence-electron chi connectivity index (χ2n) is 4.87. The summed E-state index contributed by atoms with van der Waals surface area (Å²) in [7, 11) is 1.84. The molecule has 0 saturated heterocycles. The lowest BCUT2D eigenvalue weighted by Gasteiger charge is -2.14. The fourth-order valence-corrected chi connectivity index (χ4v) is 3.24. The van der Waals surface area contributed by atoms with Gasteiger partial charge >= 0.3 is 0 Å². The Labute approximate surface area is 154 Å². The molecule has 1 aromatic carbocycles. The van der Waals surface area contributed by atoms with Crippen molar-refractivity contribution >= 4 is 27.7 Å². The van der Waals surface area contributed by atoms with Crippen molar-refractivity contribution in [3.63, 3.8) is 0 Å². The van der Waals surface area contributed by atoms with Crippen LogP contribution < -0.4 is 14.8 Å². The predicted molar refractivity (Wildman–Crippen MR) is 97.7 cm³/mol. The molecule has 2 rings (SSSR count). The molecule has 7 nitrogen and oxygen atoms in total. The summed E-state index contributed by atoms with van der Waals surface area (Å²) in [5, 5.41) is 15.6. The molecule has 0 spiro atoms. The topological polar surface area (TPSA) is 74.1 Å². The van der Waals surface area contributed by atoms with Crippen LogP contribution in [-0.2, 0) is 13.6 Å². The lowest BCUT2D eigenvalue weighted by Crippen LogP contribution is -2.17. The standard InChI is InChI=1S/C15H22BrN5O2S/c1-4-22-13-8-11(12(16)9-14(13)23-5-2)10-17-6-7-24-15-18-19-20-21(15)3/h8-9,17H,4-7,10H2,1-3H3. The number of aryl methyl sites for hydroxylation is 1. The Balaban J connectivity index is 1.87. The number of hydrogen-bond donors (Lipinski definition) is 1. The fourth-order valence-electron chi connectivity index (χ4n) is 2.03. The molecule has 24 heavy (non-hydrogen) atoms.